The van der Waals surface area contributed by atoms with Crippen LogP contribution in [0.15, 0.2) is 25.3 Å². The number of allylic oxidation sites excluding steroid dienone is 2. The minimum atomic E-state index is 1.12. The van der Waals surface area contributed by atoms with Crippen LogP contribution in [-0.4, -0.2) is 0 Å². The first-order valence-electron chi connectivity index (χ1n) is 4.86. The fourth-order valence-corrected chi connectivity index (χ4v) is 1.88. The van der Waals surface area contributed by atoms with Crippen LogP contribution in [-0.2, 0) is 0 Å². The molecule has 0 heterocycles. The largest absolute Gasteiger partial charge is 0.0955 e. The lowest BCUT2D eigenvalue weighted by atomic mass is 9.93. The van der Waals surface area contributed by atoms with E-state index in [0.717, 1.165) is 11.1 Å². The Balaban J connectivity index is 3.39. The van der Waals surface area contributed by atoms with E-state index in [1.54, 1.807) is 0 Å². The molecule has 0 aliphatic rings. The molecule has 0 unspecified atom stereocenters. The third-order valence-electron chi connectivity index (χ3n) is 2.45. The lowest BCUT2D eigenvalue weighted by Gasteiger charge is -2.12. The molecule has 0 saturated heterocycles. The van der Waals surface area contributed by atoms with Gasteiger partial charge in [-0.25, -0.2) is 0 Å². The van der Waals surface area contributed by atoms with E-state index in [-0.39, 0.29) is 0 Å². The molecule has 0 heteroatoms. The van der Waals surface area contributed by atoms with Crippen molar-refractivity contribution < 1.29 is 0 Å². The minimum Gasteiger partial charge on any atom is -0.0955 e. The number of hydrogen-bond donors (Lipinski definition) is 0. The van der Waals surface area contributed by atoms with Crippen LogP contribution in [0.3, 0.4) is 0 Å². The Morgan fingerprint density at radius 1 is 0.929 bits per heavy atom. The summed E-state index contributed by atoms with van der Waals surface area (Å²) in [6, 6.07) is 4.36. The van der Waals surface area contributed by atoms with Gasteiger partial charge in [0.1, 0.15) is 0 Å². The van der Waals surface area contributed by atoms with Crippen molar-refractivity contribution in [2.75, 3.05) is 0 Å². The van der Waals surface area contributed by atoms with Gasteiger partial charge in [-0.05, 0) is 49.9 Å². The molecule has 0 aromatic heterocycles. The summed E-state index contributed by atoms with van der Waals surface area (Å²) in [7, 11) is 0. The van der Waals surface area contributed by atoms with Gasteiger partial charge in [-0.3, -0.25) is 0 Å². The second kappa shape index (κ2) is 3.83. The molecule has 0 radical (unpaired) electrons. The zero-order chi connectivity index (χ0) is 10.9. The molecular weight excluding hydrogens is 168 g/mol. The summed E-state index contributed by atoms with van der Waals surface area (Å²) in [6.45, 7) is 16.3. The summed E-state index contributed by atoms with van der Waals surface area (Å²) in [6.07, 6.45) is 0. The lowest BCUT2D eigenvalue weighted by Crippen LogP contribution is -1.92. The molecule has 1 rings (SSSR count). The first-order valence-corrected chi connectivity index (χ1v) is 4.86. The number of benzene rings is 1. The van der Waals surface area contributed by atoms with Crippen molar-refractivity contribution in [3.05, 3.63) is 47.5 Å². The van der Waals surface area contributed by atoms with Gasteiger partial charge >= 0.3 is 0 Å². The SMILES string of the molecule is C=C(C)c1cc(C)c(C(=C)C)c(C)c1. The van der Waals surface area contributed by atoms with Crippen molar-refractivity contribution in [3.63, 3.8) is 0 Å². The molecule has 0 N–H and O–H groups in total. The summed E-state index contributed by atoms with van der Waals surface area (Å²) in [5.41, 5.74) is 7.34. The average Bonchev–Trinajstić information content (AvgIpc) is 2.01. The maximum Gasteiger partial charge on any atom is -0.0174 e. The highest BCUT2D eigenvalue weighted by Gasteiger charge is 2.05. The van der Waals surface area contributed by atoms with Gasteiger partial charge in [0, 0.05) is 0 Å². The first-order chi connectivity index (χ1) is 6.43. The van der Waals surface area contributed by atoms with E-state index < -0.39 is 0 Å². The van der Waals surface area contributed by atoms with Crippen molar-refractivity contribution in [3.8, 4) is 0 Å². The molecule has 0 nitrogen and oxygen atoms in total. The number of aryl methyl sites for hydroxylation is 2. The Morgan fingerprint density at radius 3 is 1.64 bits per heavy atom. The van der Waals surface area contributed by atoms with Crippen molar-refractivity contribution in [2.45, 2.75) is 27.7 Å². The van der Waals surface area contributed by atoms with Crippen LogP contribution in [0.4, 0.5) is 0 Å². The molecule has 14 heavy (non-hydrogen) atoms. The van der Waals surface area contributed by atoms with Gasteiger partial charge in [0.25, 0.3) is 0 Å². The van der Waals surface area contributed by atoms with Gasteiger partial charge in [-0.15, -0.1) is 0 Å². The van der Waals surface area contributed by atoms with Crippen molar-refractivity contribution in [2.24, 2.45) is 0 Å². The molecule has 0 saturated carbocycles. The molecular formula is C14H18. The maximum absolute atomic E-state index is 4.00. The molecule has 0 aliphatic carbocycles. The van der Waals surface area contributed by atoms with Crippen molar-refractivity contribution in [1.82, 2.24) is 0 Å². The van der Waals surface area contributed by atoms with E-state index in [0.29, 0.717) is 0 Å². The first kappa shape index (κ1) is 10.8. The molecule has 0 aliphatic heterocycles. The zero-order valence-electron chi connectivity index (χ0n) is 9.57. The highest BCUT2D eigenvalue weighted by molar-refractivity contribution is 5.72. The van der Waals surface area contributed by atoms with E-state index in [9.17, 15) is 0 Å². The highest BCUT2D eigenvalue weighted by atomic mass is 14.1. The van der Waals surface area contributed by atoms with Crippen LogP contribution in [0, 0.1) is 13.8 Å². The Morgan fingerprint density at radius 2 is 1.36 bits per heavy atom. The Bertz CT molecular complexity index is 371. The van der Waals surface area contributed by atoms with Crippen molar-refractivity contribution >= 4 is 11.1 Å². The summed E-state index contributed by atoms with van der Waals surface area (Å²) in [4.78, 5) is 0. The Labute approximate surface area is 87.0 Å². The van der Waals surface area contributed by atoms with Crippen LogP contribution in [0.5, 0.6) is 0 Å². The molecule has 0 fully saturated rings. The van der Waals surface area contributed by atoms with E-state index in [4.69, 9.17) is 0 Å². The second-order valence-electron chi connectivity index (χ2n) is 4.05. The number of hydrogen-bond acceptors (Lipinski definition) is 0. The lowest BCUT2D eigenvalue weighted by molar-refractivity contribution is 1.31. The van der Waals surface area contributed by atoms with Gasteiger partial charge in [0.05, 0.1) is 0 Å². The average molecular weight is 186 g/mol. The summed E-state index contributed by atoms with van der Waals surface area (Å²) >= 11 is 0. The van der Waals surface area contributed by atoms with Crippen LogP contribution >= 0.6 is 0 Å². The topological polar surface area (TPSA) is 0 Å². The normalized spacial score (nSPS) is 10.0. The molecule has 0 spiro atoms. The van der Waals surface area contributed by atoms with Crippen LogP contribution in [0.25, 0.3) is 11.1 Å². The molecule has 1 aromatic rings. The quantitative estimate of drug-likeness (QED) is 0.643. The highest BCUT2D eigenvalue weighted by Crippen LogP contribution is 2.25. The molecule has 0 atom stereocenters. The molecule has 0 bridgehead atoms. The van der Waals surface area contributed by atoms with Crippen LogP contribution in [0.1, 0.15) is 36.1 Å². The third-order valence-corrected chi connectivity index (χ3v) is 2.45. The minimum absolute atomic E-state index is 1.12. The standard InChI is InChI=1S/C14H18/c1-9(2)13-7-11(5)14(10(3)4)12(6)8-13/h7-8H,1,3H2,2,4-6H3. The van der Waals surface area contributed by atoms with Crippen LogP contribution < -0.4 is 0 Å². The smallest absolute Gasteiger partial charge is 0.0174 e. The Hall–Kier alpha value is -1.30. The summed E-state index contributed by atoms with van der Waals surface area (Å²) in [5.74, 6) is 0. The zero-order valence-corrected chi connectivity index (χ0v) is 9.57. The fourth-order valence-electron chi connectivity index (χ4n) is 1.88. The van der Waals surface area contributed by atoms with E-state index in [1.807, 2.05) is 6.92 Å². The van der Waals surface area contributed by atoms with E-state index >= 15 is 0 Å². The van der Waals surface area contributed by atoms with Crippen LogP contribution in [0.2, 0.25) is 0 Å². The summed E-state index contributed by atoms with van der Waals surface area (Å²) in [5, 5.41) is 0. The predicted molar refractivity (Wildman–Crippen MR) is 65.3 cm³/mol. The van der Waals surface area contributed by atoms with Gasteiger partial charge in [-0.2, -0.15) is 0 Å². The molecule has 1 aromatic carbocycles. The van der Waals surface area contributed by atoms with E-state index in [1.165, 1.54) is 22.3 Å². The van der Waals surface area contributed by atoms with Gasteiger partial charge < -0.3 is 0 Å². The van der Waals surface area contributed by atoms with Crippen molar-refractivity contribution in [1.29, 1.82) is 0 Å². The number of rotatable bonds is 2. The maximum atomic E-state index is 4.00. The predicted octanol–water partition coefficient (Wildman–Crippen LogP) is 4.37. The fraction of sp³-hybridized carbons (Fsp3) is 0.286. The van der Waals surface area contributed by atoms with Gasteiger partial charge in [0.15, 0.2) is 0 Å². The summed E-state index contributed by atoms with van der Waals surface area (Å²) < 4.78 is 0. The Kier molecular flexibility index (Phi) is 2.95. The molecule has 0 amide bonds. The molecule has 74 valence electrons. The second-order valence-corrected chi connectivity index (χ2v) is 4.05. The monoisotopic (exact) mass is 186 g/mol. The van der Waals surface area contributed by atoms with Gasteiger partial charge in [-0.1, -0.05) is 36.4 Å². The van der Waals surface area contributed by atoms with Gasteiger partial charge in [0.2, 0.25) is 0 Å². The van der Waals surface area contributed by atoms with E-state index in [2.05, 4.69) is 46.1 Å². The third kappa shape index (κ3) is 1.95.